The van der Waals surface area contributed by atoms with Gasteiger partial charge >= 0.3 is 0 Å². The van der Waals surface area contributed by atoms with E-state index in [9.17, 15) is 0 Å². The maximum atomic E-state index is 5.03. The van der Waals surface area contributed by atoms with Crippen LogP contribution in [0.2, 0.25) is 0 Å². The van der Waals surface area contributed by atoms with Gasteiger partial charge in [0.05, 0.1) is 33.6 Å². The molecule has 0 atom stereocenters. The van der Waals surface area contributed by atoms with E-state index in [4.69, 9.17) is 64.8 Å². The molecule has 13 heteroatoms. The van der Waals surface area contributed by atoms with Crippen molar-refractivity contribution >= 4 is 32.7 Å². The number of aromatic nitrogens is 13. The van der Waals surface area contributed by atoms with Gasteiger partial charge in [0.1, 0.15) is 0 Å². The highest BCUT2D eigenvalue weighted by Gasteiger charge is 2.21. The Kier molecular flexibility index (Phi) is 25.0. The number of nitrogens with zero attached hydrogens (tertiary/aromatic N) is 13. The molecule has 18 aromatic carbocycles. The molecule has 0 aliphatic heterocycles. The van der Waals surface area contributed by atoms with Gasteiger partial charge in [0.2, 0.25) is 0 Å². The summed E-state index contributed by atoms with van der Waals surface area (Å²) in [4.78, 5) is 64.2. The molecule has 142 heavy (non-hydrogen) atoms. The molecule has 0 aliphatic rings. The zero-order chi connectivity index (χ0) is 95.6. The van der Waals surface area contributed by atoms with E-state index < -0.39 is 0 Å². The van der Waals surface area contributed by atoms with E-state index in [0.717, 1.165) is 167 Å². The number of aryl methyl sites for hydroxylation is 4. The summed E-state index contributed by atoms with van der Waals surface area (Å²) in [5, 5.41) is 3.44. The Bertz CT molecular complexity index is 8330. The lowest BCUT2D eigenvalue weighted by atomic mass is 10.00. The molecular formula is C129H91N13. The van der Waals surface area contributed by atoms with E-state index in [0.29, 0.717) is 52.4 Å². The van der Waals surface area contributed by atoms with Crippen LogP contribution in [0, 0.1) is 27.7 Å². The highest BCUT2D eigenvalue weighted by Crippen LogP contribution is 2.39. The third-order valence-electron chi connectivity index (χ3n) is 25.5. The number of hydrogen-bond acceptors (Lipinski definition) is 13. The van der Waals surface area contributed by atoms with Gasteiger partial charge in [-0.2, -0.15) is 0 Å². The number of hydrogen-bond donors (Lipinski definition) is 0. The molecule has 0 spiro atoms. The first-order chi connectivity index (χ1) is 69.9. The third kappa shape index (κ3) is 19.7. The Morgan fingerprint density at radius 3 is 0.739 bits per heavy atom. The Morgan fingerprint density at radius 1 is 0.134 bits per heavy atom. The Balaban J connectivity index is 0.000000122. The van der Waals surface area contributed by atoms with Crippen molar-refractivity contribution in [1.82, 2.24) is 64.8 Å². The molecule has 6 aromatic heterocycles. The number of para-hydroxylation sites is 1. The minimum Gasteiger partial charge on any atom is -0.252 e. The van der Waals surface area contributed by atoms with Crippen LogP contribution in [-0.2, 0) is 0 Å². The Labute approximate surface area is 824 Å². The molecule has 0 amide bonds. The van der Waals surface area contributed by atoms with E-state index >= 15 is 0 Å². The second kappa shape index (κ2) is 40.2. The summed E-state index contributed by atoms with van der Waals surface area (Å²) in [7, 11) is 0. The fourth-order valence-corrected chi connectivity index (χ4v) is 17.8. The minimum atomic E-state index is 0.614. The number of benzene rings is 18. The lowest BCUT2D eigenvalue weighted by molar-refractivity contribution is 1.07. The average Bonchev–Trinajstić information content (AvgIpc) is 0.818. The summed E-state index contributed by atoms with van der Waals surface area (Å²) in [6.07, 6.45) is 0. The molecule has 0 radical (unpaired) electrons. The number of fused-ring (bicyclic) bond motifs is 3. The van der Waals surface area contributed by atoms with Crippen molar-refractivity contribution in [2.75, 3.05) is 0 Å². The topological polar surface area (TPSA) is 168 Å². The molecule has 24 aromatic rings. The standard InChI is InChI=1S/C43H31N5.2C43H30N4/c1-28-29(2)45-40-27-37(24-25-39(40)44-28)36-14-9-15-38(26-36)43-47-41(34-20-16-32(17-21-34)30-10-5-3-6-11-30)46-42(48-43)35-22-18-33(19-23-35)31-12-7-4-8-13-31;1-29-28-38-14-8-9-15-39(38)40(44-29)34-20-26-37(27-21-34)43-46-41(35-22-16-32(17-23-35)30-10-4-2-5-11-30)45-42(47-43)36-24-18-33(19-25-36)31-12-6-3-7-13-31;1-29-15-16-35-13-8-14-39(40(35)44-29)34-21-27-38(28-22-34)43-46-41(36-23-17-32(18-24-36)30-9-4-2-5-10-30)45-42(47-43)37-25-19-33(20-26-37)31-11-6-3-7-12-31/h3-27H,1-2H3;2*2-28H,1H3. The predicted molar refractivity (Wildman–Crippen MR) is 580 cm³/mol. The number of pyridine rings is 2. The smallest absolute Gasteiger partial charge is 0.164 e. The van der Waals surface area contributed by atoms with Crippen molar-refractivity contribution in [2.45, 2.75) is 27.7 Å². The number of rotatable bonds is 18. The summed E-state index contributed by atoms with van der Waals surface area (Å²) in [6, 6.07) is 165. The van der Waals surface area contributed by atoms with Crippen LogP contribution in [0.4, 0.5) is 0 Å². The molecule has 24 rings (SSSR count). The molecule has 0 fully saturated rings. The molecule has 13 nitrogen and oxygen atoms in total. The van der Waals surface area contributed by atoms with Crippen LogP contribution >= 0.6 is 0 Å². The monoisotopic (exact) mass is 1820 g/mol. The Hall–Kier alpha value is -18.9. The molecule has 0 N–H and O–H groups in total. The van der Waals surface area contributed by atoms with Gasteiger partial charge in [0, 0.05) is 83.4 Å². The average molecular weight is 1820 g/mol. The van der Waals surface area contributed by atoms with E-state index in [1.54, 1.807) is 0 Å². The second-order valence-electron chi connectivity index (χ2n) is 35.1. The fourth-order valence-electron chi connectivity index (χ4n) is 17.8. The molecule has 0 aliphatic carbocycles. The van der Waals surface area contributed by atoms with Crippen LogP contribution in [0.3, 0.4) is 0 Å². The van der Waals surface area contributed by atoms with Gasteiger partial charge in [-0.1, -0.05) is 449 Å². The minimum absolute atomic E-state index is 0.614. The van der Waals surface area contributed by atoms with E-state index in [1.807, 2.05) is 76.2 Å². The first kappa shape index (κ1) is 88.4. The molecule has 6 heterocycles. The summed E-state index contributed by atoms with van der Waals surface area (Å²) < 4.78 is 0. The van der Waals surface area contributed by atoms with Gasteiger partial charge in [-0.3, -0.25) is 9.97 Å². The van der Waals surface area contributed by atoms with Gasteiger partial charge in [-0.25, -0.2) is 54.8 Å². The van der Waals surface area contributed by atoms with Gasteiger partial charge in [0.15, 0.2) is 52.4 Å². The quantitative estimate of drug-likeness (QED) is 0.0797. The van der Waals surface area contributed by atoms with Crippen LogP contribution in [0.5, 0.6) is 0 Å². The zero-order valence-electron chi connectivity index (χ0n) is 78.4. The summed E-state index contributed by atoms with van der Waals surface area (Å²) in [6.45, 7) is 8.05. The normalized spacial score (nSPS) is 11.1. The van der Waals surface area contributed by atoms with Crippen molar-refractivity contribution in [3.8, 4) is 203 Å². The van der Waals surface area contributed by atoms with Crippen LogP contribution < -0.4 is 0 Å². The lowest BCUT2D eigenvalue weighted by Crippen LogP contribution is -2.00. The fraction of sp³-hybridized carbons (Fsp3) is 0.0310. The predicted octanol–water partition coefficient (Wildman–Crippen LogP) is 31.9. The molecule has 0 saturated heterocycles. The third-order valence-corrected chi connectivity index (χ3v) is 25.5. The van der Waals surface area contributed by atoms with Crippen molar-refractivity contribution in [1.29, 1.82) is 0 Å². The Morgan fingerprint density at radius 2 is 0.387 bits per heavy atom. The highest BCUT2D eigenvalue weighted by molar-refractivity contribution is 5.96. The molecular weight excluding hydrogens is 1730 g/mol. The molecule has 0 unspecified atom stereocenters. The SMILES string of the molecule is Cc1cc2ccccc2c(-c2ccc(-c3nc(-c4ccc(-c5ccccc5)cc4)nc(-c4ccc(-c5ccccc5)cc4)n3)cc2)n1.Cc1ccc2cccc(-c3ccc(-c4nc(-c5ccc(-c6ccccc6)cc5)nc(-c5ccc(-c6ccccc6)cc5)n4)cc3)c2n1.Cc1nc2ccc(-c3cccc(-c4nc(-c5ccc(-c6ccccc6)cc5)nc(-c5ccc(-c6ccccc6)cc5)n4)c3)cc2nc1C. The van der Waals surface area contributed by atoms with Crippen LogP contribution in [0.15, 0.2) is 479 Å². The van der Waals surface area contributed by atoms with Crippen LogP contribution in [0.25, 0.3) is 235 Å². The van der Waals surface area contributed by atoms with Gasteiger partial charge in [-0.15, -0.1) is 0 Å². The lowest BCUT2D eigenvalue weighted by Gasteiger charge is -2.11. The second-order valence-corrected chi connectivity index (χ2v) is 35.1. The molecule has 672 valence electrons. The molecule has 0 saturated carbocycles. The first-order valence-electron chi connectivity index (χ1n) is 47.5. The van der Waals surface area contributed by atoms with Gasteiger partial charge in [-0.05, 0) is 147 Å². The molecule has 0 bridgehead atoms. The summed E-state index contributed by atoms with van der Waals surface area (Å²) >= 11 is 0. The summed E-state index contributed by atoms with van der Waals surface area (Å²) in [5.74, 6) is 5.64. The van der Waals surface area contributed by atoms with E-state index in [2.05, 4.69) is 431 Å². The van der Waals surface area contributed by atoms with Crippen LogP contribution in [0.1, 0.15) is 22.8 Å². The highest BCUT2D eigenvalue weighted by atomic mass is 15.1. The first-order valence-corrected chi connectivity index (χ1v) is 47.5. The zero-order valence-corrected chi connectivity index (χ0v) is 78.4. The van der Waals surface area contributed by atoms with E-state index in [-0.39, 0.29) is 0 Å². The van der Waals surface area contributed by atoms with Crippen molar-refractivity contribution in [3.05, 3.63) is 502 Å². The van der Waals surface area contributed by atoms with Gasteiger partial charge < -0.3 is 0 Å². The van der Waals surface area contributed by atoms with E-state index in [1.165, 1.54) is 38.8 Å². The summed E-state index contributed by atoms with van der Waals surface area (Å²) in [5.41, 5.74) is 35.2. The maximum Gasteiger partial charge on any atom is 0.164 e. The van der Waals surface area contributed by atoms with Crippen molar-refractivity contribution < 1.29 is 0 Å². The van der Waals surface area contributed by atoms with Crippen LogP contribution in [-0.4, -0.2) is 64.8 Å². The van der Waals surface area contributed by atoms with Crippen molar-refractivity contribution in [3.63, 3.8) is 0 Å². The van der Waals surface area contributed by atoms with Crippen molar-refractivity contribution in [2.24, 2.45) is 0 Å². The van der Waals surface area contributed by atoms with Gasteiger partial charge in [0.25, 0.3) is 0 Å². The largest absolute Gasteiger partial charge is 0.252 e. The maximum absolute atomic E-state index is 5.03.